The van der Waals surface area contributed by atoms with E-state index in [9.17, 15) is 18.0 Å². The van der Waals surface area contributed by atoms with E-state index in [0.717, 1.165) is 23.3 Å². The molecule has 1 atom stereocenters. The Hall–Kier alpha value is -3.79. The van der Waals surface area contributed by atoms with Gasteiger partial charge in [0.05, 0.1) is 23.3 Å². The highest BCUT2D eigenvalue weighted by molar-refractivity contribution is 7.90. The second-order valence-electron chi connectivity index (χ2n) is 8.07. The van der Waals surface area contributed by atoms with Crippen LogP contribution >= 0.6 is 0 Å². The largest absolute Gasteiger partial charge is 0.351 e. The van der Waals surface area contributed by atoms with Crippen molar-refractivity contribution in [3.8, 4) is 0 Å². The number of benzene rings is 2. The second kappa shape index (κ2) is 9.60. The summed E-state index contributed by atoms with van der Waals surface area (Å²) in [6.45, 7) is 2.27. The first-order chi connectivity index (χ1) is 16.2. The van der Waals surface area contributed by atoms with Gasteiger partial charge in [-0.2, -0.15) is 5.10 Å². The van der Waals surface area contributed by atoms with E-state index < -0.39 is 15.7 Å². The average molecular weight is 481 g/mol. The number of sulfone groups is 1. The van der Waals surface area contributed by atoms with Crippen LogP contribution in [0.15, 0.2) is 75.3 Å². The molecule has 2 aromatic carbocycles. The fraction of sp³-hybridized carbons (Fsp3) is 0.250. The van der Waals surface area contributed by atoms with Crippen LogP contribution in [-0.4, -0.2) is 42.4 Å². The van der Waals surface area contributed by atoms with Gasteiger partial charge in [0.1, 0.15) is 0 Å². The molecule has 1 aliphatic heterocycles. The van der Waals surface area contributed by atoms with E-state index >= 15 is 0 Å². The van der Waals surface area contributed by atoms with Gasteiger partial charge in [-0.1, -0.05) is 36.3 Å². The number of nitrogens with zero attached hydrogens (tertiary/aromatic N) is 3. The van der Waals surface area contributed by atoms with Crippen molar-refractivity contribution in [2.75, 3.05) is 11.6 Å². The SMILES string of the molecule is CCC1CC(=O)N(Cc2ccc(NC(=O)c3ccno3)cc2)N=C1c1ccc(S(C)(=O)=O)cc1. The van der Waals surface area contributed by atoms with Crippen LogP contribution in [0.2, 0.25) is 0 Å². The Balaban J connectivity index is 1.51. The summed E-state index contributed by atoms with van der Waals surface area (Å²) in [5.74, 6) is -0.411. The van der Waals surface area contributed by atoms with Crippen molar-refractivity contribution < 1.29 is 22.5 Å². The lowest BCUT2D eigenvalue weighted by atomic mass is 9.90. The maximum absolute atomic E-state index is 12.7. The Morgan fingerprint density at radius 1 is 1.12 bits per heavy atom. The van der Waals surface area contributed by atoms with Gasteiger partial charge < -0.3 is 9.84 Å². The minimum absolute atomic E-state index is 0.0403. The minimum atomic E-state index is -3.29. The van der Waals surface area contributed by atoms with Crippen molar-refractivity contribution in [3.05, 3.63) is 77.7 Å². The van der Waals surface area contributed by atoms with Gasteiger partial charge in [-0.3, -0.25) is 9.59 Å². The van der Waals surface area contributed by atoms with Crippen LogP contribution in [0.25, 0.3) is 0 Å². The second-order valence-corrected chi connectivity index (χ2v) is 10.1. The lowest BCUT2D eigenvalue weighted by molar-refractivity contribution is -0.133. The molecule has 2 amide bonds. The normalized spacial score (nSPS) is 16.3. The summed E-state index contributed by atoms with van der Waals surface area (Å²) in [5, 5.41) is 12.3. The first kappa shape index (κ1) is 23.4. The maximum atomic E-state index is 12.7. The molecular formula is C24H24N4O5S. The molecule has 1 aliphatic rings. The first-order valence-electron chi connectivity index (χ1n) is 10.7. The van der Waals surface area contributed by atoms with E-state index in [0.29, 0.717) is 12.1 Å². The van der Waals surface area contributed by atoms with Crippen molar-refractivity contribution in [1.29, 1.82) is 0 Å². The van der Waals surface area contributed by atoms with Crippen molar-refractivity contribution in [1.82, 2.24) is 10.2 Å². The van der Waals surface area contributed by atoms with Gasteiger partial charge in [0.2, 0.25) is 11.7 Å². The number of amides is 2. The van der Waals surface area contributed by atoms with Crippen LogP contribution in [-0.2, 0) is 21.2 Å². The minimum Gasteiger partial charge on any atom is -0.351 e. The zero-order chi connectivity index (χ0) is 24.3. The molecule has 1 aromatic heterocycles. The number of rotatable bonds is 7. The molecule has 1 N–H and O–H groups in total. The van der Waals surface area contributed by atoms with Gasteiger partial charge in [0, 0.05) is 30.3 Å². The van der Waals surface area contributed by atoms with Crippen LogP contribution in [0.1, 0.15) is 41.4 Å². The molecule has 0 fully saturated rings. The third-order valence-electron chi connectivity index (χ3n) is 5.60. The predicted octanol–water partition coefficient (Wildman–Crippen LogP) is 3.49. The molecule has 0 saturated carbocycles. The smallest absolute Gasteiger partial charge is 0.294 e. The van der Waals surface area contributed by atoms with Crippen LogP contribution in [0, 0.1) is 5.92 Å². The maximum Gasteiger partial charge on any atom is 0.294 e. The molecule has 10 heteroatoms. The zero-order valence-electron chi connectivity index (χ0n) is 18.8. The lowest BCUT2D eigenvalue weighted by Gasteiger charge is -2.29. The van der Waals surface area contributed by atoms with Gasteiger partial charge in [0.25, 0.3) is 5.91 Å². The summed E-state index contributed by atoms with van der Waals surface area (Å²) in [5.41, 5.74) is 2.98. The molecule has 0 saturated heterocycles. The molecule has 0 radical (unpaired) electrons. The molecular weight excluding hydrogens is 456 g/mol. The Labute approximate surface area is 197 Å². The molecule has 176 valence electrons. The summed E-state index contributed by atoms with van der Waals surface area (Å²) < 4.78 is 28.4. The van der Waals surface area contributed by atoms with Crippen LogP contribution in [0.3, 0.4) is 0 Å². The van der Waals surface area contributed by atoms with E-state index in [-0.39, 0.29) is 29.0 Å². The zero-order valence-corrected chi connectivity index (χ0v) is 19.6. The monoisotopic (exact) mass is 480 g/mol. The Kier molecular flexibility index (Phi) is 6.60. The number of carbonyl (C=O) groups excluding carboxylic acids is 2. The highest BCUT2D eigenvalue weighted by Gasteiger charge is 2.29. The number of nitrogens with one attached hydrogen (secondary N) is 1. The third kappa shape index (κ3) is 5.23. The summed E-state index contributed by atoms with van der Waals surface area (Å²) >= 11 is 0. The van der Waals surface area contributed by atoms with Crippen LogP contribution in [0.5, 0.6) is 0 Å². The highest BCUT2D eigenvalue weighted by Crippen LogP contribution is 2.26. The molecule has 0 spiro atoms. The van der Waals surface area contributed by atoms with Gasteiger partial charge in [0.15, 0.2) is 9.84 Å². The number of carbonyl (C=O) groups is 2. The number of aromatic nitrogens is 1. The summed E-state index contributed by atoms with van der Waals surface area (Å²) in [7, 11) is -3.29. The standard InChI is InChI=1S/C24H24N4O5S/c1-3-17-14-22(29)28(27-23(17)18-6-10-20(11-7-18)34(2,31)32)15-16-4-8-19(9-5-16)26-24(30)21-12-13-25-33-21/h4-13,17H,3,14-15H2,1-2H3,(H,26,30). The fourth-order valence-electron chi connectivity index (χ4n) is 3.70. The Bertz CT molecular complexity index is 1310. The summed E-state index contributed by atoms with van der Waals surface area (Å²) in [4.78, 5) is 25.1. The lowest BCUT2D eigenvalue weighted by Crippen LogP contribution is -2.36. The number of hydrogen-bond donors (Lipinski definition) is 1. The van der Waals surface area contributed by atoms with Gasteiger partial charge >= 0.3 is 0 Å². The van der Waals surface area contributed by atoms with E-state index in [4.69, 9.17) is 4.52 Å². The Morgan fingerprint density at radius 3 is 2.41 bits per heavy atom. The van der Waals surface area contributed by atoms with Crippen molar-refractivity contribution >= 4 is 33.1 Å². The topological polar surface area (TPSA) is 122 Å². The Morgan fingerprint density at radius 2 is 1.82 bits per heavy atom. The molecule has 4 rings (SSSR count). The van der Waals surface area contributed by atoms with Crippen LogP contribution < -0.4 is 5.32 Å². The van der Waals surface area contributed by atoms with E-state index in [1.807, 2.05) is 19.1 Å². The molecule has 3 aromatic rings. The summed E-state index contributed by atoms with van der Waals surface area (Å²) in [6.07, 6.45) is 3.63. The van der Waals surface area contributed by atoms with Gasteiger partial charge in [-0.15, -0.1) is 0 Å². The van der Waals surface area contributed by atoms with Crippen molar-refractivity contribution in [2.24, 2.45) is 11.0 Å². The molecule has 34 heavy (non-hydrogen) atoms. The average Bonchev–Trinajstić information content (AvgIpc) is 3.36. The highest BCUT2D eigenvalue weighted by atomic mass is 32.2. The number of hydrogen-bond acceptors (Lipinski definition) is 7. The van der Waals surface area contributed by atoms with Gasteiger partial charge in [-0.05, 0) is 41.8 Å². The summed E-state index contributed by atoms with van der Waals surface area (Å²) in [6, 6.07) is 15.2. The van der Waals surface area contributed by atoms with E-state index in [1.165, 1.54) is 23.5 Å². The van der Waals surface area contributed by atoms with Crippen LogP contribution in [0.4, 0.5) is 5.69 Å². The first-order valence-corrected chi connectivity index (χ1v) is 12.6. The number of hydrazone groups is 1. The molecule has 2 heterocycles. The predicted molar refractivity (Wildman–Crippen MR) is 126 cm³/mol. The fourth-order valence-corrected chi connectivity index (χ4v) is 4.33. The van der Waals surface area contributed by atoms with Gasteiger partial charge in [-0.25, -0.2) is 13.4 Å². The molecule has 0 bridgehead atoms. The molecule has 9 nitrogen and oxygen atoms in total. The number of anilines is 1. The third-order valence-corrected chi connectivity index (χ3v) is 6.73. The molecule has 0 aliphatic carbocycles. The van der Waals surface area contributed by atoms with Crippen molar-refractivity contribution in [3.63, 3.8) is 0 Å². The van der Waals surface area contributed by atoms with E-state index in [1.54, 1.807) is 36.4 Å². The quantitative estimate of drug-likeness (QED) is 0.552. The van der Waals surface area contributed by atoms with E-state index in [2.05, 4.69) is 15.6 Å². The van der Waals surface area contributed by atoms with Crippen molar-refractivity contribution in [2.45, 2.75) is 31.2 Å². The molecule has 1 unspecified atom stereocenters.